The van der Waals surface area contributed by atoms with Crippen LogP contribution in [0, 0.1) is 0 Å². The Morgan fingerprint density at radius 2 is 2.50 bits per heavy atom. The highest BCUT2D eigenvalue weighted by Gasteiger charge is 2.42. The Morgan fingerprint density at radius 1 is 1.83 bits per heavy atom. The van der Waals surface area contributed by atoms with Gasteiger partial charge in [-0.1, -0.05) is 0 Å². The van der Waals surface area contributed by atoms with Gasteiger partial charge in [0.15, 0.2) is 0 Å². The Kier molecular flexibility index (Phi) is 2.69. The van der Waals surface area contributed by atoms with Crippen molar-refractivity contribution < 1.29 is 14.6 Å². The molecule has 3 N–H and O–H groups in total. The summed E-state index contributed by atoms with van der Waals surface area (Å²) >= 11 is 0. The Bertz CT molecular complexity index is 183. The first-order valence-electron chi connectivity index (χ1n) is 4.22. The Morgan fingerprint density at radius 3 is 2.92 bits per heavy atom. The monoisotopic (exact) mass is 173 g/mol. The number of carboxylic acids is 1. The van der Waals surface area contributed by atoms with Crippen molar-refractivity contribution in [1.29, 1.82) is 0 Å². The van der Waals surface area contributed by atoms with E-state index in [9.17, 15) is 4.79 Å². The Hall–Kier alpha value is -0.610. The summed E-state index contributed by atoms with van der Waals surface area (Å²) in [5.74, 6) is -0.912. The molecule has 4 nitrogen and oxygen atoms in total. The minimum Gasteiger partial charge on any atom is -0.480 e. The zero-order valence-electron chi connectivity index (χ0n) is 7.25. The van der Waals surface area contributed by atoms with E-state index in [1.165, 1.54) is 0 Å². The van der Waals surface area contributed by atoms with Gasteiger partial charge in [0.05, 0.1) is 6.10 Å². The van der Waals surface area contributed by atoms with Crippen LogP contribution in [0.15, 0.2) is 0 Å². The third kappa shape index (κ3) is 1.76. The molecule has 1 saturated carbocycles. The zero-order chi connectivity index (χ0) is 9.19. The highest BCUT2D eigenvalue weighted by Crippen LogP contribution is 2.29. The number of carbonyl (C=O) groups is 1. The third-order valence-electron chi connectivity index (χ3n) is 2.33. The molecule has 0 spiro atoms. The minimum absolute atomic E-state index is 0.0381. The molecule has 1 fully saturated rings. The van der Waals surface area contributed by atoms with E-state index in [0.717, 1.165) is 6.42 Å². The maximum atomic E-state index is 10.7. The van der Waals surface area contributed by atoms with Gasteiger partial charge < -0.3 is 15.6 Å². The molecule has 4 heteroatoms. The van der Waals surface area contributed by atoms with Crippen LogP contribution in [-0.4, -0.2) is 29.3 Å². The first-order valence-corrected chi connectivity index (χ1v) is 4.22. The molecule has 2 atom stereocenters. The number of ether oxygens (including phenoxy) is 1. The van der Waals surface area contributed by atoms with Crippen LogP contribution in [0.2, 0.25) is 0 Å². The van der Waals surface area contributed by atoms with E-state index in [1.807, 2.05) is 6.92 Å². The summed E-state index contributed by atoms with van der Waals surface area (Å²) in [6.07, 6.45) is 1.76. The summed E-state index contributed by atoms with van der Waals surface area (Å²) < 4.78 is 5.31. The van der Waals surface area contributed by atoms with Crippen molar-refractivity contribution in [3.63, 3.8) is 0 Å². The zero-order valence-corrected chi connectivity index (χ0v) is 7.25. The summed E-state index contributed by atoms with van der Waals surface area (Å²) in [6, 6.07) is 0. The maximum Gasteiger partial charge on any atom is 0.323 e. The van der Waals surface area contributed by atoms with Gasteiger partial charge in [-0.3, -0.25) is 4.79 Å². The van der Waals surface area contributed by atoms with Gasteiger partial charge in [0, 0.05) is 13.0 Å². The molecule has 0 bridgehead atoms. The standard InChI is InChI=1S/C8H15NO3/c1-2-12-6-3-4-8(9,5-6)7(10)11/h6H,2-5,9H2,1H3,(H,10,11). The smallest absolute Gasteiger partial charge is 0.323 e. The van der Waals surface area contributed by atoms with E-state index < -0.39 is 11.5 Å². The van der Waals surface area contributed by atoms with E-state index in [-0.39, 0.29) is 6.10 Å². The van der Waals surface area contributed by atoms with Gasteiger partial charge in [-0.25, -0.2) is 0 Å². The lowest BCUT2D eigenvalue weighted by Crippen LogP contribution is -2.45. The molecule has 0 aromatic carbocycles. The fourth-order valence-corrected chi connectivity index (χ4v) is 1.60. The van der Waals surface area contributed by atoms with Crippen molar-refractivity contribution in [2.45, 2.75) is 37.8 Å². The quantitative estimate of drug-likeness (QED) is 0.646. The molecule has 0 amide bonds. The first-order chi connectivity index (χ1) is 5.58. The van der Waals surface area contributed by atoms with E-state index in [0.29, 0.717) is 19.4 Å². The molecule has 1 aliphatic carbocycles. The van der Waals surface area contributed by atoms with Gasteiger partial charge in [0.25, 0.3) is 0 Å². The van der Waals surface area contributed by atoms with E-state index in [4.69, 9.17) is 15.6 Å². The molecule has 12 heavy (non-hydrogen) atoms. The number of rotatable bonds is 3. The molecule has 0 aliphatic heterocycles. The average molecular weight is 173 g/mol. The Labute approximate surface area is 71.7 Å². The number of hydrogen-bond donors (Lipinski definition) is 2. The van der Waals surface area contributed by atoms with Crippen LogP contribution >= 0.6 is 0 Å². The van der Waals surface area contributed by atoms with Crippen LogP contribution in [0.5, 0.6) is 0 Å². The van der Waals surface area contributed by atoms with Crippen LogP contribution in [0.4, 0.5) is 0 Å². The van der Waals surface area contributed by atoms with Gasteiger partial charge >= 0.3 is 5.97 Å². The molecule has 0 aromatic heterocycles. The number of carboxylic acid groups (broad SMARTS) is 1. The molecule has 1 rings (SSSR count). The van der Waals surface area contributed by atoms with Crippen molar-refractivity contribution in [2.24, 2.45) is 5.73 Å². The normalized spacial score (nSPS) is 35.3. The van der Waals surface area contributed by atoms with E-state index >= 15 is 0 Å². The highest BCUT2D eigenvalue weighted by molar-refractivity contribution is 5.78. The lowest BCUT2D eigenvalue weighted by atomic mass is 10.00. The molecule has 0 radical (unpaired) electrons. The van der Waals surface area contributed by atoms with Crippen LogP contribution in [-0.2, 0) is 9.53 Å². The lowest BCUT2D eigenvalue weighted by Gasteiger charge is -2.17. The van der Waals surface area contributed by atoms with Crippen LogP contribution in [0.3, 0.4) is 0 Å². The summed E-state index contributed by atoms with van der Waals surface area (Å²) in [6.45, 7) is 2.53. The van der Waals surface area contributed by atoms with Crippen molar-refractivity contribution in [3.8, 4) is 0 Å². The minimum atomic E-state index is -1.04. The van der Waals surface area contributed by atoms with Gasteiger partial charge in [-0.2, -0.15) is 0 Å². The second-order valence-electron chi connectivity index (χ2n) is 3.28. The van der Waals surface area contributed by atoms with E-state index in [1.54, 1.807) is 0 Å². The summed E-state index contributed by atoms with van der Waals surface area (Å²) in [5.41, 5.74) is 4.60. The SMILES string of the molecule is CCOC1CCC(N)(C(=O)O)C1. The average Bonchev–Trinajstić information content (AvgIpc) is 2.34. The summed E-state index contributed by atoms with van der Waals surface area (Å²) in [4.78, 5) is 10.7. The van der Waals surface area contributed by atoms with Crippen LogP contribution in [0.25, 0.3) is 0 Å². The number of nitrogens with two attached hydrogens (primary N) is 1. The molecule has 2 unspecified atom stereocenters. The molecule has 70 valence electrons. The fourth-order valence-electron chi connectivity index (χ4n) is 1.60. The molecule has 0 saturated heterocycles. The maximum absolute atomic E-state index is 10.7. The summed E-state index contributed by atoms with van der Waals surface area (Å²) in [5, 5.41) is 8.78. The second-order valence-corrected chi connectivity index (χ2v) is 3.28. The van der Waals surface area contributed by atoms with Gasteiger partial charge in [0.1, 0.15) is 5.54 Å². The first kappa shape index (κ1) is 9.48. The fraction of sp³-hybridized carbons (Fsp3) is 0.875. The lowest BCUT2D eigenvalue weighted by molar-refractivity contribution is -0.143. The third-order valence-corrected chi connectivity index (χ3v) is 2.33. The molecule has 0 aromatic rings. The molecular formula is C8H15NO3. The van der Waals surface area contributed by atoms with Crippen molar-refractivity contribution in [1.82, 2.24) is 0 Å². The van der Waals surface area contributed by atoms with Gasteiger partial charge in [-0.15, -0.1) is 0 Å². The van der Waals surface area contributed by atoms with E-state index in [2.05, 4.69) is 0 Å². The largest absolute Gasteiger partial charge is 0.480 e. The van der Waals surface area contributed by atoms with Crippen molar-refractivity contribution >= 4 is 5.97 Å². The van der Waals surface area contributed by atoms with Gasteiger partial charge in [-0.05, 0) is 19.8 Å². The number of aliphatic carboxylic acids is 1. The predicted octanol–water partition coefficient (Wildman–Crippen LogP) is 0.357. The van der Waals surface area contributed by atoms with Gasteiger partial charge in [0.2, 0.25) is 0 Å². The number of hydrogen-bond acceptors (Lipinski definition) is 3. The van der Waals surface area contributed by atoms with Crippen LogP contribution in [0.1, 0.15) is 26.2 Å². The second kappa shape index (κ2) is 3.41. The van der Waals surface area contributed by atoms with Crippen LogP contribution < -0.4 is 5.73 Å². The highest BCUT2D eigenvalue weighted by atomic mass is 16.5. The molecular weight excluding hydrogens is 158 g/mol. The van der Waals surface area contributed by atoms with Crippen molar-refractivity contribution in [2.75, 3.05) is 6.61 Å². The Balaban J connectivity index is 2.49. The topological polar surface area (TPSA) is 72.5 Å². The van der Waals surface area contributed by atoms with Crippen molar-refractivity contribution in [3.05, 3.63) is 0 Å². The molecule has 1 aliphatic rings. The predicted molar refractivity (Wildman–Crippen MR) is 43.8 cm³/mol. The molecule has 0 heterocycles. The summed E-state index contributed by atoms with van der Waals surface area (Å²) in [7, 11) is 0.